The zero-order valence-electron chi connectivity index (χ0n) is 21.4. The monoisotopic (exact) mass is 490 g/mol. The Labute approximate surface area is 207 Å². The molecule has 1 heterocycles. The predicted molar refractivity (Wildman–Crippen MR) is 131 cm³/mol. The van der Waals surface area contributed by atoms with Gasteiger partial charge in [0.05, 0.1) is 18.4 Å². The van der Waals surface area contributed by atoms with Gasteiger partial charge >= 0.3 is 12.1 Å². The molecule has 1 aliphatic carbocycles. The van der Waals surface area contributed by atoms with Crippen LogP contribution in [0, 0.1) is 18.8 Å². The number of carboxylic acids is 1. The van der Waals surface area contributed by atoms with Gasteiger partial charge in [0.2, 0.25) is 5.91 Å². The normalized spacial score (nSPS) is 20.3. The first-order chi connectivity index (χ1) is 16.5. The fourth-order valence-corrected chi connectivity index (χ4v) is 4.26. The minimum atomic E-state index is -1.02. The topological polar surface area (TPSA) is 106 Å². The van der Waals surface area contributed by atoms with E-state index in [9.17, 15) is 19.5 Å². The second-order valence-electron chi connectivity index (χ2n) is 10.4. The van der Waals surface area contributed by atoms with Crippen LogP contribution in [-0.4, -0.2) is 73.0 Å². The molecule has 1 aromatic carbocycles. The van der Waals surface area contributed by atoms with Crippen molar-refractivity contribution < 1.29 is 33.7 Å². The summed E-state index contributed by atoms with van der Waals surface area (Å²) in [5, 5.41) is 9.71. The molecule has 2 amide bonds. The molecule has 2 aliphatic rings. The average molecular weight is 491 g/mol. The molecule has 1 saturated carbocycles. The highest BCUT2D eigenvalue weighted by molar-refractivity contribution is 5.97. The van der Waals surface area contributed by atoms with Gasteiger partial charge in [0.25, 0.3) is 0 Å². The largest absolute Gasteiger partial charge is 0.493 e. The van der Waals surface area contributed by atoms with Crippen LogP contribution in [-0.2, 0) is 19.1 Å². The number of anilines is 1. The zero-order chi connectivity index (χ0) is 25.8. The van der Waals surface area contributed by atoms with E-state index in [1.54, 1.807) is 32.8 Å². The lowest BCUT2D eigenvalue weighted by Gasteiger charge is -2.38. The van der Waals surface area contributed by atoms with Crippen molar-refractivity contribution in [2.24, 2.45) is 11.8 Å². The standard InChI is InChI=1S/C26H38N2O7/c1-17-7-8-21(14-22(17)34-12-6-11-33-5)28(20-9-10-20)23(29)18-13-19(24(30)31)16-27(15-18)25(32)35-26(2,3)4/h7-8,14,18-20H,6,9-13,15-16H2,1-5H3,(H,30,31)/t18-,19+/m1/s1. The number of aryl methyl sites for hydroxylation is 1. The van der Waals surface area contributed by atoms with Crippen molar-refractivity contribution in [2.45, 2.75) is 65.0 Å². The molecule has 0 unspecified atom stereocenters. The molecule has 9 heteroatoms. The number of carboxylic acid groups (broad SMARTS) is 1. The number of piperidine rings is 1. The third-order valence-corrected chi connectivity index (χ3v) is 6.15. The van der Waals surface area contributed by atoms with Gasteiger partial charge in [-0.15, -0.1) is 0 Å². The fourth-order valence-electron chi connectivity index (χ4n) is 4.26. The molecule has 0 aromatic heterocycles. The van der Waals surface area contributed by atoms with E-state index in [-0.39, 0.29) is 31.5 Å². The Morgan fingerprint density at radius 2 is 1.80 bits per heavy atom. The van der Waals surface area contributed by atoms with E-state index in [0.29, 0.717) is 19.0 Å². The van der Waals surface area contributed by atoms with Gasteiger partial charge in [-0.1, -0.05) is 6.07 Å². The summed E-state index contributed by atoms with van der Waals surface area (Å²) < 4.78 is 16.5. The number of aliphatic carboxylic acids is 1. The van der Waals surface area contributed by atoms with Crippen LogP contribution in [0.1, 0.15) is 52.0 Å². The lowest BCUT2D eigenvalue weighted by atomic mass is 9.88. The van der Waals surface area contributed by atoms with Crippen molar-refractivity contribution in [2.75, 3.05) is 38.3 Å². The Morgan fingerprint density at radius 3 is 2.40 bits per heavy atom. The average Bonchev–Trinajstić information content (AvgIpc) is 3.62. The molecular formula is C26H38N2O7. The van der Waals surface area contributed by atoms with Crippen LogP contribution in [0.25, 0.3) is 0 Å². The number of carbonyl (C=O) groups excluding carboxylic acids is 2. The highest BCUT2D eigenvalue weighted by atomic mass is 16.6. The van der Waals surface area contributed by atoms with E-state index < -0.39 is 29.5 Å². The van der Waals surface area contributed by atoms with Gasteiger partial charge in [0.15, 0.2) is 0 Å². The van der Waals surface area contributed by atoms with E-state index >= 15 is 0 Å². The molecule has 3 rings (SSSR count). The van der Waals surface area contributed by atoms with Gasteiger partial charge in [0.1, 0.15) is 11.4 Å². The van der Waals surface area contributed by atoms with Gasteiger partial charge in [-0.2, -0.15) is 0 Å². The SMILES string of the molecule is COCCCOc1cc(N(C(=O)[C@@H]2C[C@H](C(=O)O)CN(C(=O)OC(C)(C)C)C2)C2CC2)ccc1C. The highest BCUT2D eigenvalue weighted by Gasteiger charge is 2.43. The number of ether oxygens (including phenoxy) is 3. The number of methoxy groups -OCH3 is 1. The number of rotatable bonds is 9. The molecule has 9 nitrogen and oxygen atoms in total. The first kappa shape index (κ1) is 26.8. The number of benzene rings is 1. The summed E-state index contributed by atoms with van der Waals surface area (Å²) >= 11 is 0. The van der Waals surface area contributed by atoms with Crippen molar-refractivity contribution in [3.63, 3.8) is 0 Å². The summed E-state index contributed by atoms with van der Waals surface area (Å²) in [7, 11) is 1.65. The van der Waals surface area contributed by atoms with E-state index in [0.717, 1.165) is 30.5 Å². The molecule has 194 valence electrons. The summed E-state index contributed by atoms with van der Waals surface area (Å²) in [5.74, 6) is -1.94. The Bertz CT molecular complexity index is 923. The van der Waals surface area contributed by atoms with Crippen molar-refractivity contribution in [1.82, 2.24) is 4.90 Å². The van der Waals surface area contributed by atoms with Crippen molar-refractivity contribution in [3.8, 4) is 5.75 Å². The van der Waals surface area contributed by atoms with Gasteiger partial charge in [-0.05, 0) is 58.6 Å². The van der Waals surface area contributed by atoms with Crippen molar-refractivity contribution >= 4 is 23.7 Å². The van der Waals surface area contributed by atoms with Crippen LogP contribution in [0.5, 0.6) is 5.75 Å². The second kappa shape index (κ2) is 11.3. The molecule has 0 bridgehead atoms. The van der Waals surface area contributed by atoms with Crippen molar-refractivity contribution in [3.05, 3.63) is 23.8 Å². The minimum Gasteiger partial charge on any atom is -0.493 e. The fraction of sp³-hybridized carbons (Fsp3) is 0.654. The van der Waals surface area contributed by atoms with Crippen LogP contribution >= 0.6 is 0 Å². The first-order valence-electron chi connectivity index (χ1n) is 12.3. The Kier molecular flexibility index (Phi) is 8.64. The third-order valence-electron chi connectivity index (χ3n) is 6.15. The summed E-state index contributed by atoms with van der Waals surface area (Å²) in [5.41, 5.74) is 0.981. The van der Waals surface area contributed by atoms with Gasteiger partial charge < -0.3 is 29.1 Å². The number of carbonyl (C=O) groups is 3. The van der Waals surface area contributed by atoms with Crippen LogP contribution in [0.4, 0.5) is 10.5 Å². The molecular weight excluding hydrogens is 452 g/mol. The second-order valence-corrected chi connectivity index (χ2v) is 10.4. The maximum atomic E-state index is 13.8. The number of likely N-dealkylation sites (tertiary alicyclic amines) is 1. The molecule has 0 radical (unpaired) electrons. The van der Waals surface area contributed by atoms with Crippen LogP contribution in [0.3, 0.4) is 0 Å². The van der Waals surface area contributed by atoms with E-state index in [1.165, 1.54) is 4.90 Å². The van der Waals surface area contributed by atoms with Gasteiger partial charge in [-0.3, -0.25) is 9.59 Å². The van der Waals surface area contributed by atoms with Crippen LogP contribution in [0.15, 0.2) is 18.2 Å². The molecule has 35 heavy (non-hydrogen) atoms. The van der Waals surface area contributed by atoms with E-state index in [1.807, 2.05) is 25.1 Å². The Balaban J connectivity index is 1.81. The van der Waals surface area contributed by atoms with E-state index in [2.05, 4.69) is 0 Å². The van der Waals surface area contributed by atoms with Gasteiger partial charge in [0, 0.05) is 51.0 Å². The Hall–Kier alpha value is -2.81. The lowest BCUT2D eigenvalue weighted by molar-refractivity contribution is -0.144. The Morgan fingerprint density at radius 1 is 1.11 bits per heavy atom. The summed E-state index contributed by atoms with van der Waals surface area (Å²) in [6, 6.07) is 5.77. The molecule has 1 N–H and O–H groups in total. The molecule has 1 aliphatic heterocycles. The quantitative estimate of drug-likeness (QED) is 0.524. The predicted octanol–water partition coefficient (Wildman–Crippen LogP) is 3.86. The van der Waals surface area contributed by atoms with Crippen molar-refractivity contribution in [1.29, 1.82) is 0 Å². The molecule has 1 saturated heterocycles. The third kappa shape index (κ3) is 7.34. The maximum absolute atomic E-state index is 13.8. The molecule has 0 spiro atoms. The summed E-state index contributed by atoms with van der Waals surface area (Å²) in [4.78, 5) is 41.5. The molecule has 1 aromatic rings. The first-order valence-corrected chi connectivity index (χ1v) is 12.3. The highest BCUT2D eigenvalue weighted by Crippen LogP contribution is 2.37. The maximum Gasteiger partial charge on any atom is 0.410 e. The van der Waals surface area contributed by atoms with Crippen LogP contribution < -0.4 is 9.64 Å². The number of nitrogens with zero attached hydrogens (tertiary/aromatic N) is 2. The van der Waals surface area contributed by atoms with Crippen LogP contribution in [0.2, 0.25) is 0 Å². The lowest BCUT2D eigenvalue weighted by Crippen LogP contribution is -2.52. The van der Waals surface area contributed by atoms with E-state index in [4.69, 9.17) is 14.2 Å². The number of hydrogen-bond acceptors (Lipinski definition) is 6. The molecule has 2 atom stereocenters. The molecule has 2 fully saturated rings. The smallest absolute Gasteiger partial charge is 0.410 e. The summed E-state index contributed by atoms with van der Waals surface area (Å²) in [6.07, 6.45) is 2.11. The summed E-state index contributed by atoms with van der Waals surface area (Å²) in [6.45, 7) is 8.49. The minimum absolute atomic E-state index is 0.0292. The number of amides is 2. The number of hydrogen-bond donors (Lipinski definition) is 1. The van der Waals surface area contributed by atoms with Gasteiger partial charge in [-0.25, -0.2) is 4.79 Å². The zero-order valence-corrected chi connectivity index (χ0v) is 21.4.